The third kappa shape index (κ3) is 2.52. The van der Waals surface area contributed by atoms with Crippen LogP contribution in [0.4, 0.5) is 5.13 Å². The molecule has 2 rings (SSSR count). The lowest BCUT2D eigenvalue weighted by molar-refractivity contribution is 1.09. The largest absolute Gasteiger partial charge is 0.355 e. The minimum absolute atomic E-state index is 0.748. The highest BCUT2D eigenvalue weighted by molar-refractivity contribution is 9.10. The van der Waals surface area contributed by atoms with Crippen LogP contribution in [0.3, 0.4) is 0 Å². The molecule has 0 aromatic carbocycles. The van der Waals surface area contributed by atoms with E-state index in [4.69, 9.17) is 0 Å². The first-order chi connectivity index (χ1) is 6.74. The second-order valence-electron chi connectivity index (χ2n) is 2.69. The van der Waals surface area contributed by atoms with Crippen molar-refractivity contribution in [1.82, 2.24) is 9.97 Å². The zero-order chi connectivity index (χ0) is 9.97. The van der Waals surface area contributed by atoms with Crippen LogP contribution >= 0.6 is 38.6 Å². The Morgan fingerprint density at radius 1 is 1.57 bits per heavy atom. The molecule has 1 N–H and O–H groups in total. The van der Waals surface area contributed by atoms with Gasteiger partial charge in [0.05, 0.1) is 6.54 Å². The molecule has 0 radical (unpaired) electrons. The molecule has 0 atom stereocenters. The normalized spacial score (nSPS) is 10.4. The molecule has 0 amide bonds. The van der Waals surface area contributed by atoms with E-state index >= 15 is 0 Å². The molecular formula is C8H8BrN3S2. The van der Waals surface area contributed by atoms with Crippen LogP contribution in [0.5, 0.6) is 0 Å². The second-order valence-corrected chi connectivity index (χ2v) is 5.68. The zero-order valence-electron chi connectivity index (χ0n) is 7.45. The number of aromatic nitrogens is 2. The number of hydrogen-bond acceptors (Lipinski definition) is 5. The fraction of sp³-hybridized carbons (Fsp3) is 0.250. The van der Waals surface area contributed by atoms with Crippen LogP contribution < -0.4 is 5.32 Å². The molecule has 14 heavy (non-hydrogen) atoms. The van der Waals surface area contributed by atoms with E-state index in [1.165, 1.54) is 4.88 Å². The quantitative estimate of drug-likeness (QED) is 0.942. The number of thiazole rings is 2. The number of hydrogen-bond donors (Lipinski definition) is 1. The van der Waals surface area contributed by atoms with Gasteiger partial charge in [-0.15, -0.1) is 22.7 Å². The Morgan fingerprint density at radius 2 is 2.43 bits per heavy atom. The molecule has 0 aliphatic heterocycles. The topological polar surface area (TPSA) is 37.8 Å². The molecule has 74 valence electrons. The zero-order valence-corrected chi connectivity index (χ0v) is 10.7. The first-order valence-corrected chi connectivity index (χ1v) is 6.49. The van der Waals surface area contributed by atoms with Gasteiger partial charge in [-0.3, -0.25) is 0 Å². The molecule has 2 aromatic heterocycles. The smallest absolute Gasteiger partial charge is 0.184 e. The first kappa shape index (κ1) is 10.1. The van der Waals surface area contributed by atoms with Gasteiger partial charge in [0.25, 0.3) is 0 Å². The molecule has 0 saturated carbocycles. The molecule has 2 heterocycles. The van der Waals surface area contributed by atoms with E-state index in [-0.39, 0.29) is 0 Å². The van der Waals surface area contributed by atoms with E-state index in [1.54, 1.807) is 22.7 Å². The van der Waals surface area contributed by atoms with Crippen LogP contribution in [-0.2, 0) is 6.54 Å². The summed E-state index contributed by atoms with van der Waals surface area (Å²) in [7, 11) is 0. The van der Waals surface area contributed by atoms with E-state index in [2.05, 4.69) is 38.1 Å². The highest BCUT2D eigenvalue weighted by atomic mass is 79.9. The second kappa shape index (κ2) is 4.37. The number of halogens is 1. The molecule has 0 unspecified atom stereocenters. The van der Waals surface area contributed by atoms with Crippen molar-refractivity contribution in [1.29, 1.82) is 0 Å². The molecule has 6 heteroatoms. The van der Waals surface area contributed by atoms with Crippen molar-refractivity contribution in [3.05, 3.63) is 26.1 Å². The average Bonchev–Trinajstić information content (AvgIpc) is 2.72. The van der Waals surface area contributed by atoms with Crippen LogP contribution in [0.25, 0.3) is 0 Å². The van der Waals surface area contributed by atoms with Gasteiger partial charge in [-0.25, -0.2) is 9.97 Å². The highest BCUT2D eigenvalue weighted by Gasteiger charge is 2.01. The molecule has 0 saturated heterocycles. The lowest BCUT2D eigenvalue weighted by atomic mass is 10.6. The fourth-order valence-electron chi connectivity index (χ4n) is 0.970. The third-order valence-corrected chi connectivity index (χ3v) is 3.96. The Kier molecular flexibility index (Phi) is 3.15. The summed E-state index contributed by atoms with van der Waals surface area (Å²) in [5, 5.41) is 7.19. The molecule has 3 nitrogen and oxygen atoms in total. The summed E-state index contributed by atoms with van der Waals surface area (Å²) in [4.78, 5) is 9.73. The van der Waals surface area contributed by atoms with Crippen LogP contribution in [0.15, 0.2) is 16.2 Å². The van der Waals surface area contributed by atoms with Crippen molar-refractivity contribution < 1.29 is 0 Å². The van der Waals surface area contributed by atoms with Crippen LogP contribution in [-0.4, -0.2) is 9.97 Å². The molecule has 0 bridgehead atoms. The molecule has 2 aromatic rings. The Morgan fingerprint density at radius 3 is 3.00 bits per heavy atom. The standard InChI is InChI=1S/C8H8BrN3S2/c1-5-2-10-7(14-5)3-11-8-12-6(9)4-13-8/h2,4H,3H2,1H3,(H,11,12). The molecule has 0 spiro atoms. The minimum atomic E-state index is 0.748. The SMILES string of the molecule is Cc1cnc(CNc2nc(Br)cs2)s1. The molecule has 0 aliphatic carbocycles. The van der Waals surface area contributed by atoms with E-state index in [0.29, 0.717) is 0 Å². The lowest BCUT2D eigenvalue weighted by Crippen LogP contribution is -1.97. The van der Waals surface area contributed by atoms with Crippen LogP contribution in [0.2, 0.25) is 0 Å². The number of nitrogens with zero attached hydrogens (tertiary/aromatic N) is 2. The van der Waals surface area contributed by atoms with Crippen molar-refractivity contribution >= 4 is 43.7 Å². The predicted octanol–water partition coefficient (Wildman–Crippen LogP) is 3.28. The van der Waals surface area contributed by atoms with Crippen LogP contribution in [0.1, 0.15) is 9.88 Å². The number of aryl methyl sites for hydroxylation is 1. The van der Waals surface area contributed by atoms with E-state index in [1.807, 2.05) is 11.6 Å². The van der Waals surface area contributed by atoms with Gasteiger partial charge in [-0.2, -0.15) is 0 Å². The first-order valence-electron chi connectivity index (χ1n) is 4.00. The number of nitrogens with one attached hydrogen (secondary N) is 1. The highest BCUT2D eigenvalue weighted by Crippen LogP contribution is 2.20. The van der Waals surface area contributed by atoms with Gasteiger partial charge in [0, 0.05) is 16.5 Å². The van der Waals surface area contributed by atoms with Crippen LogP contribution in [0, 0.1) is 6.92 Å². The Hall–Kier alpha value is -0.460. The lowest BCUT2D eigenvalue weighted by Gasteiger charge is -1.97. The number of rotatable bonds is 3. The van der Waals surface area contributed by atoms with E-state index in [9.17, 15) is 0 Å². The van der Waals surface area contributed by atoms with Gasteiger partial charge in [0.2, 0.25) is 0 Å². The van der Waals surface area contributed by atoms with E-state index in [0.717, 1.165) is 21.3 Å². The Bertz CT molecular complexity index is 383. The number of anilines is 1. The summed E-state index contributed by atoms with van der Waals surface area (Å²) in [6, 6.07) is 0. The summed E-state index contributed by atoms with van der Waals surface area (Å²) in [6.07, 6.45) is 1.89. The van der Waals surface area contributed by atoms with Crippen molar-refractivity contribution in [2.75, 3.05) is 5.32 Å². The summed E-state index contributed by atoms with van der Waals surface area (Å²) < 4.78 is 0.875. The van der Waals surface area contributed by atoms with Gasteiger partial charge in [-0.05, 0) is 22.9 Å². The minimum Gasteiger partial charge on any atom is -0.355 e. The maximum atomic E-state index is 4.26. The molecule has 0 fully saturated rings. The summed E-state index contributed by atoms with van der Waals surface area (Å²) >= 11 is 6.60. The third-order valence-electron chi connectivity index (χ3n) is 1.54. The maximum absolute atomic E-state index is 4.26. The molecular weight excluding hydrogens is 282 g/mol. The summed E-state index contributed by atoms with van der Waals surface area (Å²) in [6.45, 7) is 2.81. The average molecular weight is 290 g/mol. The summed E-state index contributed by atoms with van der Waals surface area (Å²) in [5.41, 5.74) is 0. The Balaban J connectivity index is 1.94. The summed E-state index contributed by atoms with van der Waals surface area (Å²) in [5.74, 6) is 0. The molecule has 0 aliphatic rings. The maximum Gasteiger partial charge on any atom is 0.184 e. The van der Waals surface area contributed by atoms with E-state index < -0.39 is 0 Å². The van der Waals surface area contributed by atoms with Gasteiger partial charge >= 0.3 is 0 Å². The van der Waals surface area contributed by atoms with Crippen molar-refractivity contribution in [3.8, 4) is 0 Å². The van der Waals surface area contributed by atoms with Gasteiger partial charge in [0.1, 0.15) is 9.61 Å². The Labute approximate surface area is 98.4 Å². The van der Waals surface area contributed by atoms with Crippen molar-refractivity contribution in [2.45, 2.75) is 13.5 Å². The monoisotopic (exact) mass is 289 g/mol. The van der Waals surface area contributed by atoms with Crippen molar-refractivity contribution in [2.24, 2.45) is 0 Å². The van der Waals surface area contributed by atoms with Crippen molar-refractivity contribution in [3.63, 3.8) is 0 Å². The van der Waals surface area contributed by atoms with Gasteiger partial charge in [-0.1, -0.05) is 0 Å². The fourth-order valence-corrected chi connectivity index (χ4v) is 2.84. The van der Waals surface area contributed by atoms with Gasteiger partial charge in [0.15, 0.2) is 5.13 Å². The predicted molar refractivity (Wildman–Crippen MR) is 64.0 cm³/mol. The van der Waals surface area contributed by atoms with Gasteiger partial charge < -0.3 is 5.32 Å².